The maximum absolute atomic E-state index is 12.6. The van der Waals surface area contributed by atoms with Gasteiger partial charge in [-0.15, -0.1) is 0 Å². The molecule has 1 N–H and O–H groups in total. The zero-order valence-corrected chi connectivity index (χ0v) is 20.2. The van der Waals surface area contributed by atoms with Gasteiger partial charge in [-0.3, -0.25) is 9.69 Å². The van der Waals surface area contributed by atoms with E-state index in [1.54, 1.807) is 11.3 Å². The molecule has 2 aliphatic rings. The van der Waals surface area contributed by atoms with E-state index in [2.05, 4.69) is 70.6 Å². The van der Waals surface area contributed by atoms with Crippen molar-refractivity contribution in [3.05, 3.63) is 82.6 Å². The van der Waals surface area contributed by atoms with Crippen molar-refractivity contribution in [1.29, 1.82) is 0 Å². The Morgan fingerprint density at radius 2 is 1.73 bits per heavy atom. The van der Waals surface area contributed by atoms with Crippen molar-refractivity contribution >= 4 is 28.6 Å². The largest absolute Gasteiger partial charge is 0.369 e. The summed E-state index contributed by atoms with van der Waals surface area (Å²) >= 11 is 1.55. The summed E-state index contributed by atoms with van der Waals surface area (Å²) in [5.74, 6) is 0.751. The normalized spacial score (nSPS) is 23.9. The lowest BCUT2D eigenvalue weighted by molar-refractivity contribution is 0.0299. The van der Waals surface area contributed by atoms with Crippen LogP contribution < -0.4 is 10.2 Å². The fourth-order valence-corrected chi connectivity index (χ4v) is 6.18. The van der Waals surface area contributed by atoms with Gasteiger partial charge in [0, 0.05) is 48.5 Å². The molecule has 4 nitrogen and oxygen atoms in total. The summed E-state index contributed by atoms with van der Waals surface area (Å²) in [6.45, 7) is 6.62. The molecular weight excluding hydrogens is 426 g/mol. The highest BCUT2D eigenvalue weighted by atomic mass is 32.1. The number of thiophene rings is 1. The number of hydrogen-bond acceptors (Lipinski definition) is 4. The van der Waals surface area contributed by atoms with Crippen molar-refractivity contribution in [3.8, 4) is 0 Å². The molecule has 1 saturated heterocycles. The lowest BCUT2D eigenvalue weighted by atomic mass is 9.71. The Morgan fingerprint density at radius 1 is 0.970 bits per heavy atom. The van der Waals surface area contributed by atoms with E-state index in [0.29, 0.717) is 0 Å². The SMILES string of the molecule is C[C@H]1CC[C@](c2cccc(NC(=O)c3ccsc3)c2)(N2CCN(c3ccccc3)CC2)CC1. The summed E-state index contributed by atoms with van der Waals surface area (Å²) in [6.07, 6.45) is 4.87. The third-order valence-electron chi connectivity index (χ3n) is 7.55. The molecule has 1 aliphatic carbocycles. The zero-order valence-electron chi connectivity index (χ0n) is 19.4. The molecule has 5 rings (SSSR count). The molecule has 5 heteroatoms. The second-order valence-corrected chi connectivity index (χ2v) is 10.4. The molecule has 2 aromatic carbocycles. The number of benzene rings is 2. The van der Waals surface area contributed by atoms with Crippen molar-refractivity contribution < 1.29 is 4.79 Å². The van der Waals surface area contributed by atoms with E-state index in [9.17, 15) is 4.79 Å². The van der Waals surface area contributed by atoms with Gasteiger partial charge in [0.2, 0.25) is 0 Å². The molecule has 0 spiro atoms. The second kappa shape index (κ2) is 9.70. The van der Waals surface area contributed by atoms with Gasteiger partial charge >= 0.3 is 0 Å². The van der Waals surface area contributed by atoms with Gasteiger partial charge in [-0.2, -0.15) is 11.3 Å². The van der Waals surface area contributed by atoms with Gasteiger partial charge in [0.05, 0.1) is 5.56 Å². The number of rotatable bonds is 5. The minimum Gasteiger partial charge on any atom is -0.369 e. The van der Waals surface area contributed by atoms with Gasteiger partial charge < -0.3 is 10.2 Å². The molecular formula is C28H33N3OS. The highest BCUT2D eigenvalue weighted by Gasteiger charge is 2.42. The third-order valence-corrected chi connectivity index (χ3v) is 8.23. The smallest absolute Gasteiger partial charge is 0.256 e. The first-order chi connectivity index (χ1) is 16.1. The summed E-state index contributed by atoms with van der Waals surface area (Å²) < 4.78 is 0. The summed E-state index contributed by atoms with van der Waals surface area (Å²) in [5, 5.41) is 6.96. The molecule has 0 bridgehead atoms. The minimum atomic E-state index is -0.0313. The van der Waals surface area contributed by atoms with Crippen LogP contribution in [0.3, 0.4) is 0 Å². The number of carbonyl (C=O) groups is 1. The van der Waals surface area contributed by atoms with Crippen LogP contribution in [-0.2, 0) is 5.54 Å². The first-order valence-electron chi connectivity index (χ1n) is 12.1. The summed E-state index contributed by atoms with van der Waals surface area (Å²) in [5.41, 5.74) is 4.35. The van der Waals surface area contributed by atoms with Crippen LogP contribution in [0.5, 0.6) is 0 Å². The molecule has 33 heavy (non-hydrogen) atoms. The van der Waals surface area contributed by atoms with Crippen LogP contribution in [0.2, 0.25) is 0 Å². The number of amides is 1. The monoisotopic (exact) mass is 459 g/mol. The van der Waals surface area contributed by atoms with Gasteiger partial charge in [0.25, 0.3) is 5.91 Å². The zero-order chi connectivity index (χ0) is 22.7. The van der Waals surface area contributed by atoms with Crippen molar-refractivity contribution in [2.75, 3.05) is 36.4 Å². The Kier molecular flexibility index (Phi) is 6.52. The van der Waals surface area contributed by atoms with E-state index in [1.165, 1.54) is 36.9 Å². The average Bonchev–Trinajstić information content (AvgIpc) is 3.41. The van der Waals surface area contributed by atoms with Gasteiger partial charge in [-0.25, -0.2) is 0 Å². The maximum atomic E-state index is 12.6. The highest BCUT2D eigenvalue weighted by Crippen LogP contribution is 2.45. The predicted molar refractivity (Wildman–Crippen MR) is 138 cm³/mol. The second-order valence-electron chi connectivity index (χ2n) is 9.57. The van der Waals surface area contributed by atoms with Crippen molar-refractivity contribution in [2.45, 2.75) is 38.1 Å². The minimum absolute atomic E-state index is 0.0313. The van der Waals surface area contributed by atoms with Crippen LogP contribution in [-0.4, -0.2) is 37.0 Å². The van der Waals surface area contributed by atoms with E-state index in [0.717, 1.165) is 43.3 Å². The Morgan fingerprint density at radius 3 is 2.42 bits per heavy atom. The van der Waals surface area contributed by atoms with Crippen LogP contribution in [0.1, 0.15) is 48.5 Å². The number of anilines is 2. The average molecular weight is 460 g/mol. The van der Waals surface area contributed by atoms with E-state index in [-0.39, 0.29) is 11.4 Å². The Balaban J connectivity index is 1.37. The molecule has 2 heterocycles. The third kappa shape index (κ3) is 4.71. The van der Waals surface area contributed by atoms with E-state index in [1.807, 2.05) is 22.9 Å². The van der Waals surface area contributed by atoms with Gasteiger partial charge in [-0.1, -0.05) is 37.3 Å². The van der Waals surface area contributed by atoms with Crippen LogP contribution in [0.25, 0.3) is 0 Å². The Hall–Kier alpha value is -2.63. The summed E-state index contributed by atoms with van der Waals surface area (Å²) in [4.78, 5) is 17.9. The number of nitrogens with zero attached hydrogens (tertiary/aromatic N) is 2. The Labute approximate surface area is 201 Å². The van der Waals surface area contributed by atoms with Crippen LogP contribution in [0, 0.1) is 5.92 Å². The van der Waals surface area contributed by atoms with Gasteiger partial charge in [0.15, 0.2) is 0 Å². The van der Waals surface area contributed by atoms with Crippen LogP contribution in [0.15, 0.2) is 71.4 Å². The quantitative estimate of drug-likeness (QED) is 0.491. The van der Waals surface area contributed by atoms with Crippen molar-refractivity contribution in [1.82, 2.24) is 4.90 Å². The lowest BCUT2D eigenvalue weighted by Crippen LogP contribution is -2.56. The molecule has 2 fully saturated rings. The van der Waals surface area contributed by atoms with Crippen LogP contribution in [0.4, 0.5) is 11.4 Å². The molecule has 0 atom stereocenters. The molecule has 172 valence electrons. The van der Waals surface area contributed by atoms with E-state index >= 15 is 0 Å². The number of para-hydroxylation sites is 1. The van der Waals surface area contributed by atoms with Gasteiger partial charge in [-0.05, 0) is 72.9 Å². The Bertz CT molecular complexity index is 1050. The lowest BCUT2D eigenvalue weighted by Gasteiger charge is -2.51. The molecule has 3 aromatic rings. The van der Waals surface area contributed by atoms with Crippen molar-refractivity contribution in [3.63, 3.8) is 0 Å². The fourth-order valence-electron chi connectivity index (χ4n) is 5.54. The van der Waals surface area contributed by atoms with E-state index < -0.39 is 0 Å². The maximum Gasteiger partial charge on any atom is 0.256 e. The number of piperazine rings is 1. The summed E-state index contributed by atoms with van der Waals surface area (Å²) in [6, 6.07) is 21.3. The molecule has 1 aromatic heterocycles. The molecule has 1 aliphatic heterocycles. The molecule has 0 unspecified atom stereocenters. The number of nitrogens with one attached hydrogen (secondary N) is 1. The topological polar surface area (TPSA) is 35.6 Å². The first kappa shape index (κ1) is 22.2. The van der Waals surface area contributed by atoms with Crippen molar-refractivity contribution in [2.24, 2.45) is 5.92 Å². The molecule has 1 amide bonds. The van der Waals surface area contributed by atoms with Crippen LogP contribution >= 0.6 is 11.3 Å². The number of hydrogen-bond donors (Lipinski definition) is 1. The standard InChI is InChI=1S/C28H33N3OS/c1-22-10-13-28(14-11-22,31-17-15-30(16-18-31)26-8-3-2-4-9-26)24-6-5-7-25(20-24)29-27(32)23-12-19-33-21-23/h2-9,12,19-22H,10-11,13-18H2,1H3,(H,29,32)/t22-,28-. The number of carbonyl (C=O) groups excluding carboxylic acids is 1. The van der Waals surface area contributed by atoms with Gasteiger partial charge in [0.1, 0.15) is 0 Å². The predicted octanol–water partition coefficient (Wildman–Crippen LogP) is 6.23. The van der Waals surface area contributed by atoms with E-state index in [4.69, 9.17) is 0 Å². The summed E-state index contributed by atoms with van der Waals surface area (Å²) in [7, 11) is 0. The first-order valence-corrected chi connectivity index (χ1v) is 13.1. The molecule has 1 saturated carbocycles. The fraction of sp³-hybridized carbons (Fsp3) is 0.393. The highest BCUT2D eigenvalue weighted by molar-refractivity contribution is 7.08. The molecule has 0 radical (unpaired) electrons.